The third kappa shape index (κ3) is 2.88. The SMILES string of the molecule is Nc1cccc(-c2nnnn2-c2c(Br)cc(Br)cc2Br)c1. The molecule has 0 unspecified atom stereocenters. The van der Waals surface area contributed by atoms with Crippen molar-refractivity contribution >= 4 is 53.5 Å². The van der Waals surface area contributed by atoms with Gasteiger partial charge in [-0.15, -0.1) is 5.10 Å². The monoisotopic (exact) mass is 471 g/mol. The molecule has 0 amide bonds. The summed E-state index contributed by atoms with van der Waals surface area (Å²) in [6.45, 7) is 0. The fourth-order valence-corrected chi connectivity index (χ4v) is 4.53. The number of nitrogens with zero attached hydrogens (tertiary/aromatic N) is 4. The Labute approximate surface area is 145 Å². The van der Waals surface area contributed by atoms with Gasteiger partial charge in [-0.2, -0.15) is 4.68 Å². The molecule has 2 N–H and O–H groups in total. The van der Waals surface area contributed by atoms with E-state index in [0.29, 0.717) is 11.5 Å². The minimum atomic E-state index is 0.617. The first-order chi connectivity index (χ1) is 10.1. The summed E-state index contributed by atoms with van der Waals surface area (Å²) in [4.78, 5) is 0. The third-order valence-corrected chi connectivity index (χ3v) is 4.47. The van der Waals surface area contributed by atoms with Gasteiger partial charge >= 0.3 is 0 Å². The molecule has 0 aliphatic heterocycles. The number of aromatic nitrogens is 4. The number of nitrogens with two attached hydrogens (primary N) is 1. The van der Waals surface area contributed by atoms with Crippen LogP contribution in [0.5, 0.6) is 0 Å². The van der Waals surface area contributed by atoms with Gasteiger partial charge in [-0.05, 0) is 66.6 Å². The summed E-state index contributed by atoms with van der Waals surface area (Å²) in [6.07, 6.45) is 0. The molecule has 1 aromatic heterocycles. The van der Waals surface area contributed by atoms with Crippen molar-refractivity contribution in [2.24, 2.45) is 0 Å². The Morgan fingerprint density at radius 3 is 2.38 bits per heavy atom. The smallest absolute Gasteiger partial charge is 0.187 e. The minimum Gasteiger partial charge on any atom is -0.399 e. The molecule has 0 bridgehead atoms. The number of halogens is 3. The Kier molecular flexibility index (Phi) is 4.10. The fourth-order valence-electron chi connectivity index (χ4n) is 1.93. The second kappa shape index (κ2) is 5.86. The van der Waals surface area contributed by atoms with E-state index >= 15 is 0 Å². The highest BCUT2D eigenvalue weighted by atomic mass is 79.9. The molecule has 21 heavy (non-hydrogen) atoms. The maximum atomic E-state index is 5.83. The lowest BCUT2D eigenvalue weighted by Crippen LogP contribution is -2.02. The van der Waals surface area contributed by atoms with E-state index in [1.807, 2.05) is 36.4 Å². The largest absolute Gasteiger partial charge is 0.399 e. The van der Waals surface area contributed by atoms with E-state index in [-0.39, 0.29) is 0 Å². The molecule has 0 fully saturated rings. The van der Waals surface area contributed by atoms with Crippen LogP contribution >= 0.6 is 47.8 Å². The fraction of sp³-hybridized carbons (Fsp3) is 0. The van der Waals surface area contributed by atoms with Gasteiger partial charge in [0.05, 0.1) is 5.69 Å². The maximum absolute atomic E-state index is 5.83. The lowest BCUT2D eigenvalue weighted by molar-refractivity contribution is 0.786. The maximum Gasteiger partial charge on any atom is 0.187 e. The zero-order valence-corrected chi connectivity index (χ0v) is 15.2. The molecule has 106 valence electrons. The first-order valence-electron chi connectivity index (χ1n) is 5.85. The number of anilines is 1. The molecule has 2 aromatic carbocycles. The van der Waals surface area contributed by atoms with Crippen LogP contribution in [0.4, 0.5) is 5.69 Å². The second-order valence-corrected chi connectivity index (χ2v) is 6.88. The van der Waals surface area contributed by atoms with Gasteiger partial charge in [0.2, 0.25) is 0 Å². The van der Waals surface area contributed by atoms with Crippen molar-refractivity contribution in [3.63, 3.8) is 0 Å². The Morgan fingerprint density at radius 2 is 1.71 bits per heavy atom. The molecular formula is C13H8Br3N5. The van der Waals surface area contributed by atoms with Crippen molar-refractivity contribution in [3.8, 4) is 17.1 Å². The summed E-state index contributed by atoms with van der Waals surface area (Å²) in [5.41, 5.74) is 8.16. The molecule has 0 radical (unpaired) electrons. The topological polar surface area (TPSA) is 69.6 Å². The Bertz CT molecular complexity index is 792. The molecule has 5 nitrogen and oxygen atoms in total. The highest BCUT2D eigenvalue weighted by Crippen LogP contribution is 2.34. The highest BCUT2D eigenvalue weighted by molar-refractivity contribution is 9.11. The van der Waals surface area contributed by atoms with Crippen LogP contribution in [0.3, 0.4) is 0 Å². The van der Waals surface area contributed by atoms with Gasteiger partial charge in [0, 0.05) is 24.7 Å². The highest BCUT2D eigenvalue weighted by Gasteiger charge is 2.16. The van der Waals surface area contributed by atoms with Crippen molar-refractivity contribution in [3.05, 3.63) is 49.8 Å². The minimum absolute atomic E-state index is 0.617. The van der Waals surface area contributed by atoms with Crippen LogP contribution < -0.4 is 5.73 Å². The molecule has 3 aromatic rings. The van der Waals surface area contributed by atoms with Gasteiger partial charge in [-0.3, -0.25) is 0 Å². The average Bonchev–Trinajstić information content (AvgIpc) is 2.86. The van der Waals surface area contributed by atoms with Crippen molar-refractivity contribution in [1.82, 2.24) is 20.2 Å². The summed E-state index contributed by atoms with van der Waals surface area (Å²) < 4.78 is 4.33. The normalized spacial score (nSPS) is 10.8. The van der Waals surface area contributed by atoms with Gasteiger partial charge in [0.15, 0.2) is 5.82 Å². The van der Waals surface area contributed by atoms with Crippen molar-refractivity contribution < 1.29 is 0 Å². The summed E-state index contributed by atoms with van der Waals surface area (Å²) >= 11 is 10.5. The zero-order valence-electron chi connectivity index (χ0n) is 10.5. The second-order valence-electron chi connectivity index (χ2n) is 4.26. The van der Waals surface area contributed by atoms with E-state index in [1.165, 1.54) is 0 Å². The number of rotatable bonds is 2. The van der Waals surface area contributed by atoms with Crippen LogP contribution in [0.15, 0.2) is 49.8 Å². The molecule has 8 heteroatoms. The van der Waals surface area contributed by atoms with Crippen molar-refractivity contribution in [1.29, 1.82) is 0 Å². The van der Waals surface area contributed by atoms with Crippen LogP contribution in [0, 0.1) is 0 Å². The van der Waals surface area contributed by atoms with Gasteiger partial charge in [0.25, 0.3) is 0 Å². The average molecular weight is 474 g/mol. The molecule has 3 rings (SSSR count). The van der Waals surface area contributed by atoms with Gasteiger partial charge in [-0.25, -0.2) is 0 Å². The molecule has 0 aliphatic carbocycles. The Balaban J connectivity index is 2.21. The summed E-state index contributed by atoms with van der Waals surface area (Å²) in [6, 6.07) is 11.3. The standard InChI is InChI=1S/C13H8Br3N5/c14-8-5-10(15)12(11(16)6-8)21-13(18-19-20-21)7-2-1-3-9(17)4-7/h1-6H,17H2. The number of hydrogen-bond acceptors (Lipinski definition) is 4. The van der Waals surface area contributed by atoms with Crippen LogP contribution in [0.25, 0.3) is 17.1 Å². The predicted molar refractivity (Wildman–Crippen MR) is 92.1 cm³/mol. The number of benzene rings is 2. The van der Waals surface area contributed by atoms with Crippen molar-refractivity contribution in [2.75, 3.05) is 5.73 Å². The number of tetrazole rings is 1. The van der Waals surface area contributed by atoms with Crippen LogP contribution in [-0.4, -0.2) is 20.2 Å². The molecular weight excluding hydrogens is 466 g/mol. The summed E-state index contributed by atoms with van der Waals surface area (Å²) in [5, 5.41) is 12.0. The molecule has 0 atom stereocenters. The van der Waals surface area contributed by atoms with Gasteiger partial charge in [0.1, 0.15) is 0 Å². The molecule has 0 saturated heterocycles. The predicted octanol–water partition coefficient (Wildman–Crippen LogP) is 4.20. The van der Waals surface area contributed by atoms with Gasteiger partial charge < -0.3 is 5.73 Å². The summed E-state index contributed by atoms with van der Waals surface area (Å²) in [7, 11) is 0. The lowest BCUT2D eigenvalue weighted by Gasteiger charge is -2.10. The van der Waals surface area contributed by atoms with Crippen LogP contribution in [0.2, 0.25) is 0 Å². The molecule has 0 saturated carbocycles. The van der Waals surface area contributed by atoms with E-state index in [4.69, 9.17) is 5.73 Å². The van der Waals surface area contributed by atoms with E-state index in [0.717, 1.165) is 24.7 Å². The van der Waals surface area contributed by atoms with E-state index in [9.17, 15) is 0 Å². The molecule has 1 heterocycles. The first-order valence-corrected chi connectivity index (χ1v) is 8.23. The first kappa shape index (κ1) is 14.7. The number of nitrogen functional groups attached to an aromatic ring is 1. The Morgan fingerprint density at radius 1 is 1.00 bits per heavy atom. The van der Waals surface area contributed by atoms with E-state index in [2.05, 4.69) is 63.3 Å². The van der Waals surface area contributed by atoms with E-state index in [1.54, 1.807) is 4.68 Å². The van der Waals surface area contributed by atoms with E-state index < -0.39 is 0 Å². The Hall–Kier alpha value is -1.25. The zero-order chi connectivity index (χ0) is 15.0. The quantitative estimate of drug-likeness (QED) is 0.566. The summed E-state index contributed by atoms with van der Waals surface area (Å²) in [5.74, 6) is 0.617. The molecule has 0 spiro atoms. The van der Waals surface area contributed by atoms with Crippen LogP contribution in [0.1, 0.15) is 0 Å². The molecule has 0 aliphatic rings. The third-order valence-electron chi connectivity index (χ3n) is 2.81. The number of hydrogen-bond donors (Lipinski definition) is 1. The van der Waals surface area contributed by atoms with Crippen LogP contribution in [-0.2, 0) is 0 Å². The van der Waals surface area contributed by atoms with Gasteiger partial charge in [-0.1, -0.05) is 28.1 Å². The van der Waals surface area contributed by atoms with Crippen molar-refractivity contribution in [2.45, 2.75) is 0 Å². The lowest BCUT2D eigenvalue weighted by atomic mass is 10.2.